The molecule has 0 bridgehead atoms. The van der Waals surface area contributed by atoms with E-state index in [1.807, 2.05) is 0 Å². The average Bonchev–Trinajstić information content (AvgIpc) is 3.19. The van der Waals surface area contributed by atoms with Crippen molar-refractivity contribution in [3.05, 3.63) is 36.4 Å². The standard InChI is InChI=1S/C13H18N6O3/c1-22-13(21)11(3-9-5-16-7-18-9)19-12(20)10(14)2-8-4-15-6-17-8/h4-7,10-11H,2-3,14H2,1H3,(H,15,17)(H,16,18)(H,19,20)/t10-,11+/m0/s1. The van der Waals surface area contributed by atoms with Crippen LogP contribution < -0.4 is 11.1 Å². The molecule has 2 rings (SSSR count). The van der Waals surface area contributed by atoms with Gasteiger partial charge >= 0.3 is 5.97 Å². The van der Waals surface area contributed by atoms with Crippen LogP contribution in [0.4, 0.5) is 0 Å². The lowest BCUT2D eigenvalue weighted by atomic mass is 10.1. The van der Waals surface area contributed by atoms with Crippen molar-refractivity contribution in [1.29, 1.82) is 0 Å². The van der Waals surface area contributed by atoms with Gasteiger partial charge in [-0.25, -0.2) is 14.8 Å². The zero-order valence-corrected chi connectivity index (χ0v) is 12.1. The maximum absolute atomic E-state index is 12.1. The van der Waals surface area contributed by atoms with Crippen molar-refractivity contribution < 1.29 is 14.3 Å². The van der Waals surface area contributed by atoms with Gasteiger partial charge < -0.3 is 25.8 Å². The largest absolute Gasteiger partial charge is 0.467 e. The van der Waals surface area contributed by atoms with Gasteiger partial charge in [0.25, 0.3) is 0 Å². The highest BCUT2D eigenvalue weighted by molar-refractivity contribution is 5.87. The summed E-state index contributed by atoms with van der Waals surface area (Å²) in [6.45, 7) is 0. The molecular formula is C13H18N6O3. The van der Waals surface area contributed by atoms with Crippen LogP contribution in [-0.4, -0.2) is 51.0 Å². The number of ether oxygens (including phenoxy) is 1. The van der Waals surface area contributed by atoms with Gasteiger partial charge in [0.15, 0.2) is 0 Å². The molecule has 0 unspecified atom stereocenters. The highest BCUT2D eigenvalue weighted by Crippen LogP contribution is 2.02. The predicted octanol–water partition coefficient (Wildman–Crippen LogP) is -1.10. The fraction of sp³-hybridized carbons (Fsp3) is 0.385. The normalized spacial score (nSPS) is 13.4. The molecule has 2 aromatic rings. The molecule has 0 saturated heterocycles. The van der Waals surface area contributed by atoms with Crippen LogP contribution in [0.15, 0.2) is 25.0 Å². The molecule has 0 spiro atoms. The molecule has 9 nitrogen and oxygen atoms in total. The molecule has 5 N–H and O–H groups in total. The lowest BCUT2D eigenvalue weighted by molar-refractivity contribution is -0.145. The molecule has 2 aromatic heterocycles. The second-order valence-electron chi connectivity index (χ2n) is 4.75. The summed E-state index contributed by atoms with van der Waals surface area (Å²) < 4.78 is 4.70. The number of imidazole rings is 2. The molecule has 2 atom stereocenters. The van der Waals surface area contributed by atoms with Crippen LogP contribution >= 0.6 is 0 Å². The van der Waals surface area contributed by atoms with Crippen molar-refractivity contribution in [2.24, 2.45) is 5.73 Å². The van der Waals surface area contributed by atoms with E-state index in [0.29, 0.717) is 12.1 Å². The monoisotopic (exact) mass is 306 g/mol. The number of esters is 1. The predicted molar refractivity (Wildman–Crippen MR) is 76.5 cm³/mol. The van der Waals surface area contributed by atoms with Crippen LogP contribution in [0.3, 0.4) is 0 Å². The molecule has 22 heavy (non-hydrogen) atoms. The minimum atomic E-state index is -0.828. The van der Waals surface area contributed by atoms with Gasteiger partial charge in [-0.05, 0) is 0 Å². The Bertz CT molecular complexity index is 595. The fourth-order valence-corrected chi connectivity index (χ4v) is 1.96. The van der Waals surface area contributed by atoms with Crippen molar-refractivity contribution >= 4 is 11.9 Å². The first-order valence-electron chi connectivity index (χ1n) is 6.68. The maximum atomic E-state index is 12.1. The SMILES string of the molecule is COC(=O)[C@@H](Cc1cnc[nH]1)NC(=O)[C@@H](N)Cc1cnc[nH]1. The van der Waals surface area contributed by atoms with Crippen LogP contribution in [0, 0.1) is 0 Å². The number of carbonyl (C=O) groups excluding carboxylic acids is 2. The maximum Gasteiger partial charge on any atom is 0.328 e. The number of hydrogen-bond donors (Lipinski definition) is 4. The summed E-state index contributed by atoms with van der Waals surface area (Å²) in [4.78, 5) is 37.4. The second-order valence-corrected chi connectivity index (χ2v) is 4.75. The lowest BCUT2D eigenvalue weighted by Gasteiger charge is -2.18. The van der Waals surface area contributed by atoms with Gasteiger partial charge in [-0.3, -0.25) is 4.79 Å². The number of nitrogens with zero attached hydrogens (tertiary/aromatic N) is 2. The number of hydrogen-bond acceptors (Lipinski definition) is 6. The molecule has 0 aliphatic rings. The highest BCUT2D eigenvalue weighted by Gasteiger charge is 2.25. The Morgan fingerprint density at radius 2 is 1.82 bits per heavy atom. The third-order valence-corrected chi connectivity index (χ3v) is 3.11. The van der Waals surface area contributed by atoms with E-state index in [0.717, 1.165) is 5.69 Å². The first-order valence-corrected chi connectivity index (χ1v) is 6.68. The van der Waals surface area contributed by atoms with E-state index >= 15 is 0 Å². The third-order valence-electron chi connectivity index (χ3n) is 3.11. The van der Waals surface area contributed by atoms with E-state index in [4.69, 9.17) is 10.5 Å². The van der Waals surface area contributed by atoms with Gasteiger partial charge in [-0.15, -0.1) is 0 Å². The van der Waals surface area contributed by atoms with Crippen molar-refractivity contribution in [3.63, 3.8) is 0 Å². The van der Waals surface area contributed by atoms with Crippen LogP contribution in [0.25, 0.3) is 0 Å². The van der Waals surface area contributed by atoms with E-state index in [1.54, 1.807) is 12.4 Å². The minimum absolute atomic E-state index is 0.245. The fourth-order valence-electron chi connectivity index (χ4n) is 1.96. The molecule has 2 heterocycles. The summed E-state index contributed by atoms with van der Waals surface area (Å²) in [6, 6.07) is -1.62. The van der Waals surface area contributed by atoms with Crippen LogP contribution in [0.1, 0.15) is 11.4 Å². The number of nitrogens with one attached hydrogen (secondary N) is 3. The summed E-state index contributed by atoms with van der Waals surface area (Å²) >= 11 is 0. The van der Waals surface area contributed by atoms with Crippen LogP contribution in [0.2, 0.25) is 0 Å². The van der Waals surface area contributed by atoms with Crippen molar-refractivity contribution in [2.75, 3.05) is 7.11 Å². The quantitative estimate of drug-likeness (QED) is 0.479. The van der Waals surface area contributed by atoms with Gasteiger partial charge in [-0.2, -0.15) is 0 Å². The van der Waals surface area contributed by atoms with Gasteiger partial charge in [0, 0.05) is 36.6 Å². The number of methoxy groups -OCH3 is 1. The summed E-state index contributed by atoms with van der Waals surface area (Å²) in [6.07, 6.45) is 6.71. The van der Waals surface area contributed by atoms with Crippen molar-refractivity contribution in [2.45, 2.75) is 24.9 Å². The van der Waals surface area contributed by atoms with Crippen LogP contribution in [0.5, 0.6) is 0 Å². The Morgan fingerprint density at radius 1 is 1.23 bits per heavy atom. The van der Waals surface area contributed by atoms with Gasteiger partial charge in [-0.1, -0.05) is 0 Å². The first kappa shape index (κ1) is 15.7. The summed E-state index contributed by atoms with van der Waals surface area (Å²) in [5.74, 6) is -0.985. The summed E-state index contributed by atoms with van der Waals surface area (Å²) in [7, 11) is 1.26. The Labute approximate surface area is 126 Å². The highest BCUT2D eigenvalue weighted by atomic mass is 16.5. The number of H-pyrrole nitrogens is 2. The molecule has 0 saturated carbocycles. The topological polar surface area (TPSA) is 139 Å². The first-order chi connectivity index (χ1) is 10.6. The zero-order chi connectivity index (χ0) is 15.9. The summed E-state index contributed by atoms with van der Waals surface area (Å²) in [5, 5.41) is 2.60. The summed E-state index contributed by atoms with van der Waals surface area (Å²) in [5.41, 5.74) is 7.29. The minimum Gasteiger partial charge on any atom is -0.467 e. The Morgan fingerprint density at radius 3 is 2.32 bits per heavy atom. The van der Waals surface area contributed by atoms with E-state index in [2.05, 4.69) is 25.3 Å². The van der Waals surface area contributed by atoms with Crippen LogP contribution in [-0.2, 0) is 27.2 Å². The Hall–Kier alpha value is -2.68. The third kappa shape index (κ3) is 4.16. The molecule has 0 aliphatic carbocycles. The molecule has 9 heteroatoms. The second kappa shape index (κ2) is 7.36. The van der Waals surface area contributed by atoms with E-state index in [1.165, 1.54) is 19.8 Å². The van der Waals surface area contributed by atoms with Gasteiger partial charge in [0.2, 0.25) is 5.91 Å². The average molecular weight is 306 g/mol. The number of rotatable bonds is 7. The van der Waals surface area contributed by atoms with Crippen molar-refractivity contribution in [1.82, 2.24) is 25.3 Å². The molecule has 0 fully saturated rings. The zero-order valence-electron chi connectivity index (χ0n) is 12.1. The Balaban J connectivity index is 1.96. The lowest BCUT2D eigenvalue weighted by Crippen LogP contribution is -2.50. The molecule has 1 amide bonds. The van der Waals surface area contributed by atoms with E-state index in [-0.39, 0.29) is 6.42 Å². The van der Waals surface area contributed by atoms with Crippen molar-refractivity contribution in [3.8, 4) is 0 Å². The number of amides is 1. The number of carbonyl (C=O) groups is 2. The molecule has 0 radical (unpaired) electrons. The Kier molecular flexibility index (Phi) is 5.26. The molecule has 0 aromatic carbocycles. The van der Waals surface area contributed by atoms with Gasteiger partial charge in [0.05, 0.1) is 25.8 Å². The number of aromatic amines is 2. The smallest absolute Gasteiger partial charge is 0.328 e. The van der Waals surface area contributed by atoms with Gasteiger partial charge in [0.1, 0.15) is 6.04 Å². The molecule has 0 aliphatic heterocycles. The number of nitrogens with two attached hydrogens (primary N) is 1. The van der Waals surface area contributed by atoms with E-state index in [9.17, 15) is 9.59 Å². The molecule has 118 valence electrons. The van der Waals surface area contributed by atoms with E-state index < -0.39 is 24.0 Å². The number of aromatic nitrogens is 4. The molecular weight excluding hydrogens is 288 g/mol.